The van der Waals surface area contributed by atoms with Gasteiger partial charge < -0.3 is 19.9 Å². The Kier molecular flexibility index (Phi) is 7.87. The molecule has 2 heterocycles. The van der Waals surface area contributed by atoms with Crippen LogP contribution in [0.1, 0.15) is 36.4 Å². The lowest BCUT2D eigenvalue weighted by molar-refractivity contribution is 0.0341. The summed E-state index contributed by atoms with van der Waals surface area (Å²) in [4.78, 5) is 7.20. The van der Waals surface area contributed by atoms with Crippen LogP contribution in [0.4, 0.5) is 0 Å². The van der Waals surface area contributed by atoms with Crippen LogP contribution in [0, 0.1) is 0 Å². The highest BCUT2D eigenvalue weighted by Gasteiger charge is 2.12. The number of hydrogen-bond acceptors (Lipinski definition) is 5. The minimum absolute atomic E-state index is 0.564. The van der Waals surface area contributed by atoms with Crippen molar-refractivity contribution in [3.63, 3.8) is 0 Å². The predicted octanol–water partition coefficient (Wildman–Crippen LogP) is 2.32. The van der Waals surface area contributed by atoms with E-state index in [9.17, 15) is 0 Å². The lowest BCUT2D eigenvalue weighted by Crippen LogP contribution is -2.37. The molecule has 1 fully saturated rings. The van der Waals surface area contributed by atoms with Crippen LogP contribution >= 0.6 is 0 Å². The lowest BCUT2D eigenvalue weighted by atomic mass is 10.1. The molecule has 1 aromatic heterocycles. The van der Waals surface area contributed by atoms with E-state index in [0.717, 1.165) is 63.2 Å². The molecule has 1 saturated heterocycles. The Morgan fingerprint density at radius 2 is 1.93 bits per heavy atom. The molecule has 0 radical (unpaired) electrons. The van der Waals surface area contributed by atoms with E-state index in [2.05, 4.69) is 58.8 Å². The van der Waals surface area contributed by atoms with Crippen molar-refractivity contribution in [3.8, 4) is 0 Å². The van der Waals surface area contributed by atoms with Crippen LogP contribution in [0.2, 0.25) is 0 Å². The number of benzene rings is 1. The van der Waals surface area contributed by atoms with Crippen molar-refractivity contribution in [2.45, 2.75) is 39.9 Å². The van der Waals surface area contributed by atoms with Gasteiger partial charge in [-0.15, -0.1) is 0 Å². The SMILES string of the molecule is CCNC(=NCc1ccccc1CN1CCOCC1)NCc1cc(CC)no1. The van der Waals surface area contributed by atoms with Gasteiger partial charge in [0.15, 0.2) is 11.7 Å². The zero-order valence-corrected chi connectivity index (χ0v) is 16.9. The Labute approximate surface area is 167 Å². The van der Waals surface area contributed by atoms with Gasteiger partial charge in [0, 0.05) is 32.2 Å². The fourth-order valence-corrected chi connectivity index (χ4v) is 3.15. The van der Waals surface area contributed by atoms with E-state index in [1.54, 1.807) is 0 Å². The molecular weight excluding hydrogens is 354 g/mol. The van der Waals surface area contributed by atoms with E-state index >= 15 is 0 Å². The van der Waals surface area contributed by atoms with Crippen LogP contribution in [-0.4, -0.2) is 48.9 Å². The second-order valence-corrected chi connectivity index (χ2v) is 6.84. The van der Waals surface area contributed by atoms with Gasteiger partial charge in [-0.3, -0.25) is 4.90 Å². The summed E-state index contributed by atoms with van der Waals surface area (Å²) < 4.78 is 10.8. The van der Waals surface area contributed by atoms with Crippen molar-refractivity contribution in [2.75, 3.05) is 32.8 Å². The molecule has 0 unspecified atom stereocenters. The van der Waals surface area contributed by atoms with Crippen molar-refractivity contribution < 1.29 is 9.26 Å². The highest BCUT2D eigenvalue weighted by Crippen LogP contribution is 2.14. The quantitative estimate of drug-likeness (QED) is 0.537. The zero-order chi connectivity index (χ0) is 19.6. The van der Waals surface area contributed by atoms with Crippen LogP contribution < -0.4 is 10.6 Å². The largest absolute Gasteiger partial charge is 0.379 e. The molecule has 7 heteroatoms. The van der Waals surface area contributed by atoms with Crippen molar-refractivity contribution in [1.82, 2.24) is 20.7 Å². The molecule has 7 nitrogen and oxygen atoms in total. The van der Waals surface area contributed by atoms with Crippen LogP contribution in [0.3, 0.4) is 0 Å². The standard InChI is InChI=1S/C21H31N5O2/c1-3-19-13-20(28-25-19)15-24-21(22-4-2)23-14-17-7-5-6-8-18(17)16-26-9-11-27-12-10-26/h5-8,13H,3-4,9-12,14-16H2,1-2H3,(H2,22,23,24). The Bertz CT molecular complexity index is 753. The normalized spacial score (nSPS) is 15.6. The van der Waals surface area contributed by atoms with Gasteiger partial charge in [-0.1, -0.05) is 36.3 Å². The Morgan fingerprint density at radius 3 is 2.64 bits per heavy atom. The first-order valence-corrected chi connectivity index (χ1v) is 10.1. The predicted molar refractivity (Wildman–Crippen MR) is 110 cm³/mol. The van der Waals surface area contributed by atoms with Gasteiger partial charge in [-0.2, -0.15) is 0 Å². The first-order chi connectivity index (χ1) is 13.8. The number of nitrogens with one attached hydrogen (secondary N) is 2. The second-order valence-electron chi connectivity index (χ2n) is 6.84. The highest BCUT2D eigenvalue weighted by molar-refractivity contribution is 5.79. The number of rotatable bonds is 8. The van der Waals surface area contributed by atoms with Gasteiger partial charge in [-0.25, -0.2) is 4.99 Å². The fraction of sp³-hybridized carbons (Fsp3) is 0.524. The Morgan fingerprint density at radius 1 is 1.14 bits per heavy atom. The number of hydrogen-bond donors (Lipinski definition) is 2. The van der Waals surface area contributed by atoms with Crippen LogP contribution in [0.15, 0.2) is 39.8 Å². The maximum atomic E-state index is 5.45. The van der Waals surface area contributed by atoms with Gasteiger partial charge in [0.1, 0.15) is 0 Å². The van der Waals surface area contributed by atoms with Crippen molar-refractivity contribution in [2.24, 2.45) is 4.99 Å². The molecule has 1 aromatic carbocycles. The molecule has 0 saturated carbocycles. The van der Waals surface area contributed by atoms with E-state index in [4.69, 9.17) is 14.3 Å². The van der Waals surface area contributed by atoms with E-state index in [0.29, 0.717) is 13.1 Å². The molecular formula is C21H31N5O2. The maximum Gasteiger partial charge on any atom is 0.191 e. The highest BCUT2D eigenvalue weighted by atomic mass is 16.5. The minimum atomic E-state index is 0.564. The molecule has 1 aliphatic heterocycles. The molecule has 0 amide bonds. The van der Waals surface area contributed by atoms with Gasteiger partial charge >= 0.3 is 0 Å². The fourth-order valence-electron chi connectivity index (χ4n) is 3.15. The summed E-state index contributed by atoms with van der Waals surface area (Å²) in [5.74, 6) is 1.59. The third-order valence-electron chi connectivity index (χ3n) is 4.77. The summed E-state index contributed by atoms with van der Waals surface area (Å²) in [6.07, 6.45) is 0.873. The molecule has 28 heavy (non-hydrogen) atoms. The van der Waals surface area contributed by atoms with Gasteiger partial charge in [0.25, 0.3) is 0 Å². The van der Waals surface area contributed by atoms with Crippen LogP contribution in [-0.2, 0) is 30.8 Å². The molecule has 0 spiro atoms. The number of guanidine groups is 1. The van der Waals surface area contributed by atoms with E-state index in [1.807, 2.05) is 6.07 Å². The average Bonchev–Trinajstić information content (AvgIpc) is 3.20. The topological polar surface area (TPSA) is 74.9 Å². The minimum Gasteiger partial charge on any atom is -0.379 e. The monoisotopic (exact) mass is 385 g/mol. The molecule has 152 valence electrons. The summed E-state index contributed by atoms with van der Waals surface area (Å²) in [7, 11) is 0. The van der Waals surface area contributed by atoms with Gasteiger partial charge in [-0.05, 0) is 24.5 Å². The summed E-state index contributed by atoms with van der Waals surface area (Å²) in [5, 5.41) is 10.6. The number of aryl methyl sites for hydroxylation is 1. The van der Waals surface area contributed by atoms with Gasteiger partial charge in [0.05, 0.1) is 32.0 Å². The Balaban J connectivity index is 1.61. The van der Waals surface area contributed by atoms with Crippen molar-refractivity contribution in [1.29, 1.82) is 0 Å². The third kappa shape index (κ3) is 6.07. The van der Waals surface area contributed by atoms with E-state index in [-0.39, 0.29) is 0 Å². The van der Waals surface area contributed by atoms with Crippen molar-refractivity contribution >= 4 is 5.96 Å². The number of nitrogens with zero attached hydrogens (tertiary/aromatic N) is 3. The summed E-state index contributed by atoms with van der Waals surface area (Å²) in [6, 6.07) is 10.5. The van der Waals surface area contributed by atoms with Crippen LogP contribution in [0.25, 0.3) is 0 Å². The molecule has 0 aliphatic carbocycles. The number of aromatic nitrogens is 1. The first-order valence-electron chi connectivity index (χ1n) is 10.1. The molecule has 2 N–H and O–H groups in total. The number of aliphatic imine (C=N–C) groups is 1. The molecule has 2 aromatic rings. The van der Waals surface area contributed by atoms with E-state index < -0.39 is 0 Å². The van der Waals surface area contributed by atoms with Crippen LogP contribution in [0.5, 0.6) is 0 Å². The second kappa shape index (κ2) is 10.8. The third-order valence-corrected chi connectivity index (χ3v) is 4.77. The summed E-state index contributed by atoms with van der Waals surface area (Å²) >= 11 is 0. The molecule has 1 aliphatic rings. The van der Waals surface area contributed by atoms with Crippen molar-refractivity contribution in [3.05, 3.63) is 52.9 Å². The molecule has 3 rings (SSSR count). The van der Waals surface area contributed by atoms with E-state index in [1.165, 1.54) is 11.1 Å². The number of ether oxygens (including phenoxy) is 1. The number of morpholine rings is 1. The lowest BCUT2D eigenvalue weighted by Gasteiger charge is -2.27. The average molecular weight is 386 g/mol. The summed E-state index contributed by atoms with van der Waals surface area (Å²) in [6.45, 7) is 10.7. The van der Waals surface area contributed by atoms with Gasteiger partial charge in [0.2, 0.25) is 0 Å². The molecule has 0 atom stereocenters. The smallest absolute Gasteiger partial charge is 0.191 e. The maximum absolute atomic E-state index is 5.45. The zero-order valence-electron chi connectivity index (χ0n) is 16.9. The Hall–Kier alpha value is -2.38. The first kappa shape index (κ1) is 20.4. The summed E-state index contributed by atoms with van der Waals surface area (Å²) in [5.41, 5.74) is 3.54. The molecule has 0 bridgehead atoms.